The highest BCUT2D eigenvalue weighted by atomic mass is 16.5. The Morgan fingerprint density at radius 2 is 1.82 bits per heavy atom. The monoisotopic (exact) mass is 551 g/mol. The van der Waals surface area contributed by atoms with E-state index in [4.69, 9.17) is 4.74 Å². The average Bonchev–Trinajstić information content (AvgIpc) is 3.23. The molecular weight excluding hydrogens is 498 g/mol. The topological polar surface area (TPSA) is 70.0 Å². The molecule has 4 saturated carbocycles. The summed E-state index contributed by atoms with van der Waals surface area (Å²) < 4.78 is 5.39. The molecule has 5 nitrogen and oxygen atoms in total. The number of ether oxygens (including phenoxy) is 1. The van der Waals surface area contributed by atoms with Gasteiger partial charge in [-0.2, -0.15) is 0 Å². The average molecular weight is 552 g/mol. The van der Waals surface area contributed by atoms with Crippen molar-refractivity contribution in [2.75, 3.05) is 13.7 Å². The summed E-state index contributed by atoms with van der Waals surface area (Å²) in [5.41, 5.74) is 3.21. The van der Waals surface area contributed by atoms with Crippen molar-refractivity contribution in [2.24, 2.45) is 45.8 Å². The molecule has 2 N–H and O–H groups in total. The summed E-state index contributed by atoms with van der Waals surface area (Å²) in [6.45, 7) is 11.5. The lowest BCUT2D eigenvalue weighted by molar-refractivity contribution is -0.183. The minimum Gasteiger partial charge on any atom is -0.497 e. The van der Waals surface area contributed by atoms with E-state index >= 15 is 0 Å². The smallest absolute Gasteiger partial charge is 0.222 e. The number of carbonyl (C=O) groups is 1. The lowest BCUT2D eigenvalue weighted by Crippen LogP contribution is -2.59. The number of fused-ring (bicyclic) bond motifs is 6. The largest absolute Gasteiger partial charge is 0.497 e. The fourth-order valence-electron chi connectivity index (χ4n) is 11.0. The van der Waals surface area contributed by atoms with Crippen LogP contribution in [-0.4, -0.2) is 46.9 Å². The summed E-state index contributed by atoms with van der Waals surface area (Å²) in [7, 11) is 1.70. The maximum absolute atomic E-state index is 13.4. The van der Waals surface area contributed by atoms with Crippen LogP contribution in [-0.2, 0) is 17.8 Å². The molecule has 4 aliphatic carbocycles. The van der Waals surface area contributed by atoms with Gasteiger partial charge in [0.2, 0.25) is 5.91 Å². The second-order valence-electron chi connectivity index (χ2n) is 15.3. The molecule has 0 saturated heterocycles. The van der Waals surface area contributed by atoms with Crippen molar-refractivity contribution in [1.29, 1.82) is 0 Å². The molecule has 5 heteroatoms. The van der Waals surface area contributed by atoms with Crippen LogP contribution in [0.15, 0.2) is 18.2 Å². The number of amides is 1. The van der Waals surface area contributed by atoms with Crippen LogP contribution >= 0.6 is 0 Å². The molecule has 1 aliphatic heterocycles. The van der Waals surface area contributed by atoms with Crippen molar-refractivity contribution in [1.82, 2.24) is 4.90 Å². The number of nitrogens with zero attached hydrogens (tertiary/aromatic N) is 1. The summed E-state index contributed by atoms with van der Waals surface area (Å²) in [5, 5.41) is 22.0. The fraction of sp³-hybridized carbons (Fsp3) is 0.800. The summed E-state index contributed by atoms with van der Waals surface area (Å²) >= 11 is 0. The predicted octanol–water partition coefficient (Wildman–Crippen LogP) is 6.38. The highest BCUT2D eigenvalue weighted by Gasteiger charge is 2.66. The van der Waals surface area contributed by atoms with Crippen LogP contribution in [0.2, 0.25) is 0 Å². The quantitative estimate of drug-likeness (QED) is 0.446. The highest BCUT2D eigenvalue weighted by molar-refractivity contribution is 5.76. The Balaban J connectivity index is 1.12. The first kappa shape index (κ1) is 28.5. The van der Waals surface area contributed by atoms with Crippen molar-refractivity contribution in [3.63, 3.8) is 0 Å². The lowest BCUT2D eigenvalue weighted by atomic mass is 9.42. The number of aliphatic hydroxyl groups excluding tert-OH is 2. The van der Waals surface area contributed by atoms with Crippen molar-refractivity contribution in [3.05, 3.63) is 29.3 Å². The van der Waals surface area contributed by atoms with Crippen LogP contribution in [0.3, 0.4) is 0 Å². The van der Waals surface area contributed by atoms with E-state index < -0.39 is 0 Å². The molecule has 0 bridgehead atoms. The lowest BCUT2D eigenvalue weighted by Gasteiger charge is -2.63. The van der Waals surface area contributed by atoms with E-state index in [1.54, 1.807) is 7.11 Å². The minimum absolute atomic E-state index is 0.183. The van der Waals surface area contributed by atoms with Crippen molar-refractivity contribution < 1.29 is 19.7 Å². The van der Waals surface area contributed by atoms with Gasteiger partial charge in [0, 0.05) is 19.5 Å². The van der Waals surface area contributed by atoms with Crippen molar-refractivity contribution >= 4 is 5.91 Å². The fourth-order valence-corrected chi connectivity index (χ4v) is 11.0. The zero-order valence-electron chi connectivity index (χ0n) is 25.6. The molecule has 0 radical (unpaired) electrons. The normalized spacial score (nSPS) is 43.2. The van der Waals surface area contributed by atoms with Gasteiger partial charge in [0.25, 0.3) is 0 Å². The molecule has 6 rings (SSSR count). The summed E-state index contributed by atoms with van der Waals surface area (Å²) in [6, 6.07) is 6.24. The van der Waals surface area contributed by atoms with E-state index in [0.717, 1.165) is 50.8 Å². The van der Waals surface area contributed by atoms with Crippen molar-refractivity contribution in [3.8, 4) is 5.75 Å². The number of rotatable bonds is 5. The van der Waals surface area contributed by atoms with Gasteiger partial charge >= 0.3 is 0 Å². The first-order valence-electron chi connectivity index (χ1n) is 16.3. The van der Waals surface area contributed by atoms with E-state index in [1.807, 2.05) is 6.07 Å². The second-order valence-corrected chi connectivity index (χ2v) is 15.3. The maximum atomic E-state index is 13.4. The zero-order valence-corrected chi connectivity index (χ0v) is 25.6. The molecule has 1 heterocycles. The van der Waals surface area contributed by atoms with Gasteiger partial charge in [-0.1, -0.05) is 33.8 Å². The van der Waals surface area contributed by atoms with Crippen LogP contribution in [0.4, 0.5) is 0 Å². The second kappa shape index (κ2) is 10.3. The maximum Gasteiger partial charge on any atom is 0.222 e. The first-order valence-corrected chi connectivity index (χ1v) is 16.3. The van der Waals surface area contributed by atoms with Crippen LogP contribution in [0, 0.1) is 45.8 Å². The molecule has 4 fully saturated rings. The van der Waals surface area contributed by atoms with Gasteiger partial charge in [-0.3, -0.25) is 4.79 Å². The Morgan fingerprint density at radius 1 is 1.05 bits per heavy atom. The third-order valence-electron chi connectivity index (χ3n) is 14.0. The summed E-state index contributed by atoms with van der Waals surface area (Å²) in [6.07, 6.45) is 10.7. The van der Waals surface area contributed by atoms with Gasteiger partial charge in [0.15, 0.2) is 0 Å². The van der Waals surface area contributed by atoms with E-state index in [1.165, 1.54) is 36.8 Å². The molecule has 5 aliphatic rings. The van der Waals surface area contributed by atoms with E-state index in [2.05, 4.69) is 44.7 Å². The molecule has 1 aromatic rings. The molecule has 1 amide bonds. The minimum atomic E-state index is -0.237. The van der Waals surface area contributed by atoms with Gasteiger partial charge < -0.3 is 19.8 Å². The summed E-state index contributed by atoms with van der Waals surface area (Å²) in [5.74, 6) is 3.64. The number of methoxy groups -OCH3 is 1. The number of carbonyl (C=O) groups excluding carboxylic acids is 1. The van der Waals surface area contributed by atoms with Gasteiger partial charge in [-0.25, -0.2) is 0 Å². The van der Waals surface area contributed by atoms with Crippen LogP contribution in [0.25, 0.3) is 0 Å². The van der Waals surface area contributed by atoms with Crippen LogP contribution in [0.5, 0.6) is 5.75 Å². The third-order valence-corrected chi connectivity index (χ3v) is 14.0. The molecule has 0 aromatic heterocycles. The Kier molecular flexibility index (Phi) is 7.34. The van der Waals surface area contributed by atoms with Crippen LogP contribution < -0.4 is 4.74 Å². The third kappa shape index (κ3) is 4.35. The molecule has 2 unspecified atom stereocenters. The van der Waals surface area contributed by atoms with Gasteiger partial charge in [-0.15, -0.1) is 0 Å². The Hall–Kier alpha value is -1.59. The molecule has 1 aromatic carbocycles. The van der Waals surface area contributed by atoms with Gasteiger partial charge in [-0.05, 0) is 133 Å². The van der Waals surface area contributed by atoms with Crippen molar-refractivity contribution in [2.45, 2.75) is 117 Å². The van der Waals surface area contributed by atoms with Crippen LogP contribution in [0.1, 0.15) is 103 Å². The van der Waals surface area contributed by atoms with E-state index in [0.29, 0.717) is 48.5 Å². The molecule has 222 valence electrons. The molecule has 0 spiro atoms. The molecule has 40 heavy (non-hydrogen) atoms. The SMILES string of the molecule is COc1ccc2c(c1)CCN(C(=O)CC[C@@H](C)[C@@]1(C)CCC3[C@H]4C(CC[C@@]31C)[C@@]1(C)CC[C@@H](O)C[C@H]1C[C@H]4O)C2. The molecule has 10 atom stereocenters. The molecular formula is C35H53NO4. The number of benzene rings is 1. The van der Waals surface area contributed by atoms with E-state index in [9.17, 15) is 15.0 Å². The zero-order chi connectivity index (χ0) is 28.4. The Bertz CT molecular complexity index is 1120. The van der Waals surface area contributed by atoms with Gasteiger partial charge in [0.1, 0.15) is 5.75 Å². The standard InChI is InChI=1S/C35H53NO4/c1-22(6-9-31(39)36-17-13-23-18-27(40-5)8-7-24(23)21-36)34(3)15-12-29-32-28(11-16-35(29,34)4)33(2)14-10-26(37)19-25(33)20-30(32)38/h7-8,18,22,25-26,28-30,32,37-38H,6,9-17,19-21H2,1-5H3/t22-,25+,26-,28?,29?,30-,32-,33+,34-,35+/m1/s1. The first-order chi connectivity index (χ1) is 19.0. The Morgan fingerprint density at radius 3 is 2.60 bits per heavy atom. The Labute approximate surface area is 242 Å². The predicted molar refractivity (Wildman–Crippen MR) is 158 cm³/mol. The number of hydrogen-bond acceptors (Lipinski definition) is 4. The number of hydrogen-bond donors (Lipinski definition) is 2. The van der Waals surface area contributed by atoms with Gasteiger partial charge in [0.05, 0.1) is 19.3 Å². The number of aliphatic hydroxyl groups is 2. The van der Waals surface area contributed by atoms with E-state index in [-0.39, 0.29) is 28.5 Å². The summed E-state index contributed by atoms with van der Waals surface area (Å²) in [4.78, 5) is 15.5. The highest BCUT2D eigenvalue weighted by Crippen LogP contribution is 2.72.